The second-order valence-electron chi connectivity index (χ2n) is 5.02. The molecule has 2 aromatic rings. The molecule has 0 unspecified atom stereocenters. The highest BCUT2D eigenvalue weighted by molar-refractivity contribution is 5.99. The van der Waals surface area contributed by atoms with Gasteiger partial charge in [0.05, 0.1) is 17.6 Å². The number of nitrogens with zero attached hydrogens (tertiary/aromatic N) is 2. The van der Waals surface area contributed by atoms with Gasteiger partial charge in [-0.1, -0.05) is 19.1 Å². The molecule has 0 fully saturated rings. The lowest BCUT2D eigenvalue weighted by molar-refractivity contribution is 0.262. The van der Waals surface area contributed by atoms with Crippen LogP contribution < -0.4 is 10.6 Å². The summed E-state index contributed by atoms with van der Waals surface area (Å²) in [5.74, 6) is 0.446. The zero-order valence-electron chi connectivity index (χ0n) is 12.8. The third-order valence-electron chi connectivity index (χ3n) is 3.33. The van der Waals surface area contributed by atoms with Crippen molar-refractivity contribution in [3.05, 3.63) is 46.9 Å². The van der Waals surface area contributed by atoms with E-state index in [2.05, 4.69) is 27.5 Å². The number of rotatable bonds is 3. The summed E-state index contributed by atoms with van der Waals surface area (Å²) in [6, 6.07) is 5.72. The highest BCUT2D eigenvalue weighted by Crippen LogP contribution is 2.18. The first kappa shape index (κ1) is 15.0. The molecule has 0 aliphatic carbocycles. The number of nitrogens with one attached hydrogen (secondary N) is 2. The maximum Gasteiger partial charge on any atom is 0.324 e. The Bertz CT molecular complexity index is 667. The van der Waals surface area contributed by atoms with Crippen LogP contribution in [0.25, 0.3) is 0 Å². The van der Waals surface area contributed by atoms with Crippen LogP contribution in [0.5, 0.6) is 0 Å². The smallest absolute Gasteiger partial charge is 0.307 e. The van der Waals surface area contributed by atoms with Crippen LogP contribution in [0.15, 0.2) is 24.4 Å². The molecule has 0 radical (unpaired) electrons. The fourth-order valence-corrected chi connectivity index (χ4v) is 1.99. The van der Waals surface area contributed by atoms with Crippen molar-refractivity contribution in [2.24, 2.45) is 0 Å². The molecule has 110 valence electrons. The Morgan fingerprint density at radius 2 is 1.90 bits per heavy atom. The maximum atomic E-state index is 12.1. The zero-order chi connectivity index (χ0) is 15.4. The Hall–Kier alpha value is -2.43. The van der Waals surface area contributed by atoms with E-state index in [1.165, 1.54) is 0 Å². The molecule has 2 rings (SSSR count). The molecule has 21 heavy (non-hydrogen) atoms. The minimum atomic E-state index is -0.312. The number of aryl methyl sites for hydroxylation is 4. The van der Waals surface area contributed by atoms with Gasteiger partial charge in [0, 0.05) is 5.69 Å². The minimum absolute atomic E-state index is 0.312. The highest BCUT2D eigenvalue weighted by atomic mass is 16.2. The van der Waals surface area contributed by atoms with Crippen LogP contribution in [-0.2, 0) is 6.42 Å². The van der Waals surface area contributed by atoms with E-state index in [1.807, 2.05) is 39.0 Å². The predicted molar refractivity (Wildman–Crippen MR) is 84.7 cm³/mol. The SMILES string of the molecule is CCc1ccc(C)cc1NC(=O)Nc1cnc(C)c(C)n1. The average Bonchev–Trinajstić information content (AvgIpc) is 2.43. The molecule has 2 N–H and O–H groups in total. The van der Waals surface area contributed by atoms with Crippen molar-refractivity contribution in [1.82, 2.24) is 9.97 Å². The molecular formula is C16H20N4O. The number of amides is 2. The Labute approximate surface area is 124 Å². The molecule has 0 atom stereocenters. The number of carbonyl (C=O) groups is 1. The number of hydrogen-bond donors (Lipinski definition) is 2. The molecule has 0 bridgehead atoms. The van der Waals surface area contributed by atoms with Crippen molar-refractivity contribution in [3.63, 3.8) is 0 Å². The third-order valence-corrected chi connectivity index (χ3v) is 3.33. The Kier molecular flexibility index (Phi) is 4.52. The summed E-state index contributed by atoms with van der Waals surface area (Å²) < 4.78 is 0. The Morgan fingerprint density at radius 1 is 1.14 bits per heavy atom. The average molecular weight is 284 g/mol. The molecule has 1 heterocycles. The molecule has 0 saturated carbocycles. The van der Waals surface area contributed by atoms with Gasteiger partial charge in [0.2, 0.25) is 0 Å². The van der Waals surface area contributed by atoms with E-state index >= 15 is 0 Å². The lowest BCUT2D eigenvalue weighted by Gasteiger charge is -2.12. The molecule has 2 amide bonds. The van der Waals surface area contributed by atoms with E-state index in [0.717, 1.165) is 34.6 Å². The Balaban J connectivity index is 2.11. The van der Waals surface area contributed by atoms with E-state index in [0.29, 0.717) is 5.82 Å². The van der Waals surface area contributed by atoms with E-state index in [4.69, 9.17) is 0 Å². The largest absolute Gasteiger partial charge is 0.324 e. The molecule has 0 aliphatic heterocycles. The van der Waals surface area contributed by atoms with Crippen LogP contribution in [0.3, 0.4) is 0 Å². The second-order valence-corrected chi connectivity index (χ2v) is 5.02. The van der Waals surface area contributed by atoms with Crippen molar-refractivity contribution in [3.8, 4) is 0 Å². The molecule has 5 heteroatoms. The third kappa shape index (κ3) is 3.78. The van der Waals surface area contributed by atoms with Gasteiger partial charge in [0.1, 0.15) is 0 Å². The topological polar surface area (TPSA) is 66.9 Å². The first-order chi connectivity index (χ1) is 9.99. The molecule has 0 spiro atoms. The summed E-state index contributed by atoms with van der Waals surface area (Å²) in [5.41, 5.74) is 4.69. The van der Waals surface area contributed by atoms with Gasteiger partial charge in [-0.2, -0.15) is 0 Å². The van der Waals surface area contributed by atoms with Crippen LogP contribution in [0.2, 0.25) is 0 Å². The number of carbonyl (C=O) groups excluding carboxylic acids is 1. The quantitative estimate of drug-likeness (QED) is 0.904. The van der Waals surface area contributed by atoms with Crippen LogP contribution in [0.1, 0.15) is 29.4 Å². The van der Waals surface area contributed by atoms with Crippen LogP contribution in [-0.4, -0.2) is 16.0 Å². The van der Waals surface area contributed by atoms with Gasteiger partial charge in [0.25, 0.3) is 0 Å². The number of benzene rings is 1. The summed E-state index contributed by atoms with van der Waals surface area (Å²) >= 11 is 0. The van der Waals surface area contributed by atoms with Gasteiger partial charge < -0.3 is 5.32 Å². The lowest BCUT2D eigenvalue weighted by Crippen LogP contribution is -2.21. The van der Waals surface area contributed by atoms with Crippen molar-refractivity contribution in [1.29, 1.82) is 0 Å². The van der Waals surface area contributed by atoms with Gasteiger partial charge in [-0.3, -0.25) is 10.3 Å². The second kappa shape index (κ2) is 6.35. The summed E-state index contributed by atoms with van der Waals surface area (Å²) in [4.78, 5) is 20.5. The van der Waals surface area contributed by atoms with E-state index in [9.17, 15) is 4.79 Å². The van der Waals surface area contributed by atoms with Crippen molar-refractivity contribution >= 4 is 17.5 Å². The van der Waals surface area contributed by atoms with Crippen molar-refractivity contribution in [2.45, 2.75) is 34.1 Å². The maximum absolute atomic E-state index is 12.1. The minimum Gasteiger partial charge on any atom is -0.307 e. The van der Waals surface area contributed by atoms with E-state index in [-0.39, 0.29) is 6.03 Å². The molecule has 0 saturated heterocycles. The van der Waals surface area contributed by atoms with Gasteiger partial charge in [-0.15, -0.1) is 0 Å². The number of urea groups is 1. The first-order valence-corrected chi connectivity index (χ1v) is 6.97. The fourth-order valence-electron chi connectivity index (χ4n) is 1.99. The normalized spacial score (nSPS) is 10.3. The monoisotopic (exact) mass is 284 g/mol. The zero-order valence-corrected chi connectivity index (χ0v) is 12.8. The highest BCUT2D eigenvalue weighted by Gasteiger charge is 2.08. The first-order valence-electron chi connectivity index (χ1n) is 6.97. The number of hydrogen-bond acceptors (Lipinski definition) is 3. The predicted octanol–water partition coefficient (Wildman–Crippen LogP) is 3.61. The number of anilines is 2. The molecule has 1 aromatic heterocycles. The molecular weight excluding hydrogens is 264 g/mol. The van der Waals surface area contributed by atoms with Gasteiger partial charge in [-0.05, 0) is 44.4 Å². The van der Waals surface area contributed by atoms with Gasteiger partial charge in [-0.25, -0.2) is 9.78 Å². The summed E-state index contributed by atoms with van der Waals surface area (Å²) in [5, 5.41) is 5.57. The molecule has 5 nitrogen and oxygen atoms in total. The van der Waals surface area contributed by atoms with Crippen LogP contribution >= 0.6 is 0 Å². The van der Waals surface area contributed by atoms with Crippen molar-refractivity contribution in [2.75, 3.05) is 10.6 Å². The van der Waals surface area contributed by atoms with E-state index in [1.54, 1.807) is 6.20 Å². The molecule has 0 aliphatic rings. The summed E-state index contributed by atoms with van der Waals surface area (Å²) in [6.45, 7) is 7.80. The molecule has 1 aromatic carbocycles. The standard InChI is InChI=1S/C16H20N4O/c1-5-13-7-6-10(2)8-14(13)19-16(21)20-15-9-17-11(3)12(4)18-15/h6-9H,5H2,1-4H3,(H2,18,19,20,21). The van der Waals surface area contributed by atoms with E-state index < -0.39 is 0 Å². The Morgan fingerprint density at radius 3 is 2.57 bits per heavy atom. The van der Waals surface area contributed by atoms with Crippen molar-refractivity contribution < 1.29 is 4.79 Å². The fraction of sp³-hybridized carbons (Fsp3) is 0.312. The van der Waals surface area contributed by atoms with Gasteiger partial charge in [0.15, 0.2) is 5.82 Å². The van der Waals surface area contributed by atoms with Crippen LogP contribution in [0, 0.1) is 20.8 Å². The summed E-state index contributed by atoms with van der Waals surface area (Å²) in [7, 11) is 0. The van der Waals surface area contributed by atoms with Crippen LogP contribution in [0.4, 0.5) is 16.3 Å². The number of aromatic nitrogens is 2. The lowest BCUT2D eigenvalue weighted by atomic mass is 10.1. The van der Waals surface area contributed by atoms with Gasteiger partial charge >= 0.3 is 6.03 Å². The summed E-state index contributed by atoms with van der Waals surface area (Å²) in [6.07, 6.45) is 2.41.